The van der Waals surface area contributed by atoms with Crippen LogP contribution in [0.3, 0.4) is 0 Å². The van der Waals surface area contributed by atoms with Crippen molar-refractivity contribution in [2.45, 2.75) is 0 Å². The summed E-state index contributed by atoms with van der Waals surface area (Å²) < 4.78 is 7.29. The van der Waals surface area contributed by atoms with Gasteiger partial charge in [-0.3, -0.25) is 0 Å². The Labute approximate surface area is 294 Å². The van der Waals surface area contributed by atoms with Crippen molar-refractivity contribution in [3.05, 3.63) is 188 Å². The van der Waals surface area contributed by atoms with E-state index in [0.717, 1.165) is 17.1 Å². The summed E-state index contributed by atoms with van der Waals surface area (Å²) in [7, 11) is 0. The van der Waals surface area contributed by atoms with Gasteiger partial charge in [0.15, 0.2) is 0 Å². The molecule has 0 aliphatic carbocycles. The van der Waals surface area contributed by atoms with E-state index in [-0.39, 0.29) is 0 Å². The van der Waals surface area contributed by atoms with E-state index in [1.807, 2.05) is 0 Å². The van der Waals surface area contributed by atoms with E-state index in [1.54, 1.807) is 0 Å². The molecule has 3 heterocycles. The van der Waals surface area contributed by atoms with Gasteiger partial charge < -0.3 is 13.7 Å². The minimum atomic E-state index is 1.13. The molecule has 0 spiro atoms. The van der Waals surface area contributed by atoms with Gasteiger partial charge in [-0.1, -0.05) is 127 Å². The van der Waals surface area contributed by atoms with Crippen LogP contribution >= 0.6 is 0 Å². The third kappa shape index (κ3) is 4.06. The maximum absolute atomic E-state index is 2.45. The van der Waals surface area contributed by atoms with Crippen LogP contribution in [0.25, 0.3) is 93.6 Å². The highest BCUT2D eigenvalue weighted by atomic mass is 15.0. The monoisotopic (exact) mass is 649 g/mol. The number of nitrogens with zero attached hydrogens (tertiary/aromatic N) is 3. The fourth-order valence-corrected chi connectivity index (χ4v) is 8.47. The molecule has 0 bridgehead atoms. The second-order valence-electron chi connectivity index (χ2n) is 13.4. The van der Waals surface area contributed by atoms with Crippen LogP contribution in [0.5, 0.6) is 0 Å². The Hall–Kier alpha value is -6.84. The standard InChI is InChI=1S/C48H31N3/c1-2-14-32(15-3-1)35-28-26-34(31-48(35)51-45-24-12-6-18-38(45)39-19-7-13-25-46(39)51)50-44-23-11-8-20-40(44)41-30-33(27-29-47(41)50)49-42-21-9-4-16-36(42)37-17-5-10-22-43(37)49/h1-31H. The van der Waals surface area contributed by atoms with Gasteiger partial charge in [-0.25, -0.2) is 0 Å². The summed E-state index contributed by atoms with van der Waals surface area (Å²) in [6.45, 7) is 0. The van der Waals surface area contributed by atoms with Crippen molar-refractivity contribution in [3.63, 3.8) is 0 Å². The van der Waals surface area contributed by atoms with Gasteiger partial charge in [0.25, 0.3) is 0 Å². The van der Waals surface area contributed by atoms with Gasteiger partial charge in [0, 0.05) is 49.3 Å². The van der Waals surface area contributed by atoms with E-state index in [0.29, 0.717) is 0 Å². The van der Waals surface area contributed by atoms with E-state index in [9.17, 15) is 0 Å². The van der Waals surface area contributed by atoms with E-state index >= 15 is 0 Å². The Bertz CT molecular complexity index is 3030. The first kappa shape index (κ1) is 28.0. The smallest absolute Gasteiger partial charge is 0.0561 e. The summed E-state index contributed by atoms with van der Waals surface area (Å²) in [5.41, 5.74) is 13.0. The lowest BCUT2D eigenvalue weighted by Crippen LogP contribution is -2.01. The molecular formula is C48H31N3. The number of rotatable bonds is 4. The van der Waals surface area contributed by atoms with Crippen molar-refractivity contribution in [1.82, 2.24) is 13.7 Å². The zero-order chi connectivity index (χ0) is 33.5. The summed E-state index contributed by atoms with van der Waals surface area (Å²) in [5.74, 6) is 0. The fourth-order valence-electron chi connectivity index (χ4n) is 8.47. The molecule has 0 radical (unpaired) electrons. The molecule has 0 atom stereocenters. The lowest BCUT2D eigenvalue weighted by atomic mass is 10.0. The quantitative estimate of drug-likeness (QED) is 0.180. The Morgan fingerprint density at radius 3 is 1.14 bits per heavy atom. The van der Waals surface area contributed by atoms with E-state index in [2.05, 4.69) is 202 Å². The Balaban J connectivity index is 1.20. The predicted octanol–water partition coefficient (Wildman–Crippen LogP) is 12.6. The molecule has 3 aromatic heterocycles. The Morgan fingerprint density at radius 1 is 0.255 bits per heavy atom. The number of hydrogen-bond donors (Lipinski definition) is 0. The Morgan fingerprint density at radius 2 is 0.627 bits per heavy atom. The van der Waals surface area contributed by atoms with Gasteiger partial charge in [-0.05, 0) is 66.2 Å². The molecule has 0 saturated carbocycles. The van der Waals surface area contributed by atoms with Crippen molar-refractivity contribution in [2.75, 3.05) is 0 Å². The highest BCUT2D eigenvalue weighted by Gasteiger charge is 2.20. The number of para-hydroxylation sites is 5. The van der Waals surface area contributed by atoms with Crippen LogP contribution in [0, 0.1) is 0 Å². The van der Waals surface area contributed by atoms with E-state index in [1.165, 1.54) is 76.5 Å². The maximum Gasteiger partial charge on any atom is 0.0561 e. The fraction of sp³-hybridized carbons (Fsp3) is 0. The highest BCUT2D eigenvalue weighted by Crippen LogP contribution is 2.40. The van der Waals surface area contributed by atoms with E-state index < -0.39 is 0 Å². The average molecular weight is 650 g/mol. The van der Waals surface area contributed by atoms with Crippen LogP contribution < -0.4 is 0 Å². The van der Waals surface area contributed by atoms with Crippen LogP contribution in [-0.2, 0) is 0 Å². The normalized spacial score (nSPS) is 11.9. The van der Waals surface area contributed by atoms with Crippen LogP contribution in [0.2, 0.25) is 0 Å². The molecule has 0 aliphatic rings. The molecule has 3 nitrogen and oxygen atoms in total. The first-order valence-corrected chi connectivity index (χ1v) is 17.5. The molecule has 3 heteroatoms. The minimum Gasteiger partial charge on any atom is -0.309 e. The van der Waals surface area contributed by atoms with Crippen molar-refractivity contribution in [3.8, 4) is 28.2 Å². The molecule has 0 N–H and O–H groups in total. The second kappa shape index (κ2) is 10.8. The lowest BCUT2D eigenvalue weighted by Gasteiger charge is -2.17. The molecule has 11 aromatic rings. The van der Waals surface area contributed by atoms with Crippen molar-refractivity contribution in [2.24, 2.45) is 0 Å². The largest absolute Gasteiger partial charge is 0.309 e. The molecule has 11 rings (SSSR count). The minimum absolute atomic E-state index is 1.13. The molecule has 51 heavy (non-hydrogen) atoms. The van der Waals surface area contributed by atoms with Gasteiger partial charge in [0.2, 0.25) is 0 Å². The first-order chi connectivity index (χ1) is 25.3. The number of hydrogen-bond acceptors (Lipinski definition) is 0. The summed E-state index contributed by atoms with van der Waals surface area (Å²) in [4.78, 5) is 0. The van der Waals surface area contributed by atoms with Crippen molar-refractivity contribution >= 4 is 65.4 Å². The summed E-state index contributed by atoms with van der Waals surface area (Å²) in [6, 6.07) is 68.5. The number of fused-ring (bicyclic) bond motifs is 9. The molecule has 0 unspecified atom stereocenters. The van der Waals surface area contributed by atoms with Gasteiger partial charge in [0.1, 0.15) is 0 Å². The summed E-state index contributed by atoms with van der Waals surface area (Å²) >= 11 is 0. The van der Waals surface area contributed by atoms with Crippen LogP contribution in [0.4, 0.5) is 0 Å². The predicted molar refractivity (Wildman–Crippen MR) is 215 cm³/mol. The second-order valence-corrected chi connectivity index (χ2v) is 13.4. The lowest BCUT2D eigenvalue weighted by molar-refractivity contribution is 1.13. The van der Waals surface area contributed by atoms with Gasteiger partial charge in [-0.15, -0.1) is 0 Å². The third-order valence-electron chi connectivity index (χ3n) is 10.6. The summed E-state index contributed by atoms with van der Waals surface area (Å²) in [6.07, 6.45) is 0. The van der Waals surface area contributed by atoms with E-state index in [4.69, 9.17) is 0 Å². The molecular weight excluding hydrogens is 619 g/mol. The van der Waals surface area contributed by atoms with Crippen molar-refractivity contribution in [1.29, 1.82) is 0 Å². The van der Waals surface area contributed by atoms with Gasteiger partial charge in [0.05, 0.1) is 38.8 Å². The molecule has 0 saturated heterocycles. The van der Waals surface area contributed by atoms with Crippen molar-refractivity contribution < 1.29 is 0 Å². The highest BCUT2D eigenvalue weighted by molar-refractivity contribution is 6.13. The molecule has 238 valence electrons. The topological polar surface area (TPSA) is 14.8 Å². The zero-order valence-corrected chi connectivity index (χ0v) is 27.7. The average Bonchev–Trinajstić information content (AvgIpc) is 3.84. The zero-order valence-electron chi connectivity index (χ0n) is 27.7. The van der Waals surface area contributed by atoms with Crippen LogP contribution in [0.1, 0.15) is 0 Å². The first-order valence-electron chi connectivity index (χ1n) is 17.5. The van der Waals surface area contributed by atoms with Crippen LogP contribution in [-0.4, -0.2) is 13.7 Å². The molecule has 0 fully saturated rings. The SMILES string of the molecule is c1ccc(-c2ccc(-n3c4ccccc4c4cc(-n5c6ccccc6c6ccccc65)ccc43)cc2-n2c3ccccc3c3ccccc32)cc1. The molecule has 0 amide bonds. The Kier molecular flexibility index (Phi) is 5.96. The number of benzene rings is 8. The number of aromatic nitrogens is 3. The molecule has 0 aliphatic heterocycles. The van der Waals surface area contributed by atoms with Gasteiger partial charge >= 0.3 is 0 Å². The summed E-state index contributed by atoms with van der Waals surface area (Å²) in [5, 5.41) is 7.52. The maximum atomic E-state index is 2.45. The third-order valence-corrected chi connectivity index (χ3v) is 10.6. The van der Waals surface area contributed by atoms with Gasteiger partial charge in [-0.2, -0.15) is 0 Å². The van der Waals surface area contributed by atoms with Crippen LogP contribution in [0.15, 0.2) is 188 Å². The molecule has 8 aromatic carbocycles.